The van der Waals surface area contributed by atoms with E-state index in [1.165, 1.54) is 25.7 Å². The van der Waals surface area contributed by atoms with Crippen molar-refractivity contribution in [1.82, 2.24) is 0 Å². The van der Waals surface area contributed by atoms with E-state index in [2.05, 4.69) is 6.92 Å². The Hall–Kier alpha value is -0.200. The minimum absolute atomic E-state index is 0.507. The molecule has 0 N–H and O–H groups in total. The predicted molar refractivity (Wildman–Crippen MR) is 87.7 cm³/mol. The van der Waals surface area contributed by atoms with E-state index in [0.29, 0.717) is 13.0 Å². The third-order valence-electron chi connectivity index (χ3n) is 4.02. The first-order valence-electron chi connectivity index (χ1n) is 8.46. The Kier molecular flexibility index (Phi) is 12.1. The normalized spacial score (nSPS) is 12.8. The van der Waals surface area contributed by atoms with Gasteiger partial charge in [-0.1, -0.05) is 46.0 Å². The molecule has 0 aliphatic rings. The highest BCUT2D eigenvalue weighted by atomic mass is 16.9. The predicted octanol–water partition coefficient (Wildman–Crippen LogP) is 4.10. The number of hydrogen-bond donors (Lipinski definition) is 0. The summed E-state index contributed by atoms with van der Waals surface area (Å²) in [6.45, 7) is 4.76. The summed E-state index contributed by atoms with van der Waals surface area (Å²) < 4.78 is 28.2. The molecule has 0 saturated carbocycles. The average Bonchev–Trinajstić information content (AvgIpc) is 2.57. The Morgan fingerprint density at radius 3 is 1.64 bits per heavy atom. The van der Waals surface area contributed by atoms with E-state index in [9.17, 15) is 0 Å². The molecule has 0 spiro atoms. The van der Waals surface area contributed by atoms with Gasteiger partial charge in [0.15, 0.2) is 0 Å². The quantitative estimate of drug-likeness (QED) is 0.336. The maximum Gasteiger partial charge on any atom is 0.340 e. The third-order valence-corrected chi connectivity index (χ3v) is 4.02. The second-order valence-electron chi connectivity index (χ2n) is 5.49. The minimum Gasteiger partial charge on any atom is -0.347 e. The van der Waals surface area contributed by atoms with Gasteiger partial charge in [0.2, 0.25) is 0 Å². The first kappa shape index (κ1) is 21.8. The third kappa shape index (κ3) is 5.78. The van der Waals surface area contributed by atoms with Crippen molar-refractivity contribution >= 4 is 0 Å². The van der Waals surface area contributed by atoms with Crippen LogP contribution in [0.4, 0.5) is 0 Å². The highest BCUT2D eigenvalue weighted by Crippen LogP contribution is 2.37. The number of ether oxygens (including phenoxy) is 5. The fraction of sp³-hybridized carbons (Fsp3) is 1.00. The van der Waals surface area contributed by atoms with Gasteiger partial charge in [-0.05, 0) is 12.8 Å². The Bertz CT molecular complexity index is 249. The van der Waals surface area contributed by atoms with Gasteiger partial charge in [-0.3, -0.25) is 0 Å². The smallest absolute Gasteiger partial charge is 0.340 e. The van der Waals surface area contributed by atoms with E-state index in [1.807, 2.05) is 6.92 Å². The summed E-state index contributed by atoms with van der Waals surface area (Å²) in [5, 5.41) is 0. The van der Waals surface area contributed by atoms with Gasteiger partial charge in [0.05, 0.1) is 6.61 Å². The summed E-state index contributed by atoms with van der Waals surface area (Å²) in [6.07, 6.45) is 8.64. The van der Waals surface area contributed by atoms with Crippen molar-refractivity contribution in [1.29, 1.82) is 0 Å². The lowest BCUT2D eigenvalue weighted by Crippen LogP contribution is -2.61. The molecule has 0 aliphatic heterocycles. The fourth-order valence-corrected chi connectivity index (χ4v) is 2.69. The highest BCUT2D eigenvalue weighted by molar-refractivity contribution is 4.82. The van der Waals surface area contributed by atoms with Crippen LogP contribution in [0.1, 0.15) is 65.2 Å². The Morgan fingerprint density at radius 2 is 1.18 bits per heavy atom. The summed E-state index contributed by atoms with van der Waals surface area (Å²) in [5.74, 6) is -2.42. The standard InChI is InChI=1S/C17H36O5/c1-7-9-10-11-12-13-14-16(18-3,19-4)17(20-5,21-6)22-15-8-2/h7-15H2,1-6H3. The molecule has 22 heavy (non-hydrogen) atoms. The maximum atomic E-state index is 5.83. The van der Waals surface area contributed by atoms with Crippen LogP contribution in [0.5, 0.6) is 0 Å². The number of hydrogen-bond acceptors (Lipinski definition) is 5. The van der Waals surface area contributed by atoms with E-state index >= 15 is 0 Å². The van der Waals surface area contributed by atoms with Crippen LogP contribution in [0.15, 0.2) is 0 Å². The zero-order chi connectivity index (χ0) is 16.9. The molecule has 0 aromatic heterocycles. The molecule has 134 valence electrons. The molecule has 0 bridgehead atoms. The van der Waals surface area contributed by atoms with E-state index in [1.54, 1.807) is 28.4 Å². The van der Waals surface area contributed by atoms with Crippen LogP contribution < -0.4 is 0 Å². The molecule has 0 aromatic rings. The lowest BCUT2D eigenvalue weighted by Gasteiger charge is -2.44. The van der Waals surface area contributed by atoms with E-state index in [-0.39, 0.29) is 0 Å². The average molecular weight is 320 g/mol. The van der Waals surface area contributed by atoms with Crippen LogP contribution in [0, 0.1) is 0 Å². The summed E-state index contributed by atoms with van der Waals surface area (Å²) in [4.78, 5) is 0. The molecule has 0 rings (SSSR count). The first-order chi connectivity index (χ1) is 10.6. The van der Waals surface area contributed by atoms with Crippen LogP contribution in [-0.4, -0.2) is 46.8 Å². The second-order valence-corrected chi connectivity index (χ2v) is 5.49. The zero-order valence-electron chi connectivity index (χ0n) is 15.4. The summed E-state index contributed by atoms with van der Waals surface area (Å²) in [5.41, 5.74) is 0. The number of unbranched alkanes of at least 4 members (excludes halogenated alkanes) is 5. The summed E-state index contributed by atoms with van der Waals surface area (Å²) >= 11 is 0. The van der Waals surface area contributed by atoms with Crippen LogP contribution in [-0.2, 0) is 23.7 Å². The molecule has 0 heterocycles. The number of rotatable bonds is 15. The van der Waals surface area contributed by atoms with Gasteiger partial charge in [0, 0.05) is 34.9 Å². The van der Waals surface area contributed by atoms with Gasteiger partial charge in [-0.25, -0.2) is 0 Å². The van der Waals surface area contributed by atoms with Crippen LogP contribution in [0.2, 0.25) is 0 Å². The lowest BCUT2D eigenvalue weighted by atomic mass is 10.0. The summed E-state index contributed by atoms with van der Waals surface area (Å²) in [7, 11) is 6.30. The van der Waals surface area contributed by atoms with Crippen molar-refractivity contribution in [3.05, 3.63) is 0 Å². The molecule has 0 amide bonds. The molecule has 0 aromatic carbocycles. The largest absolute Gasteiger partial charge is 0.347 e. The molecule has 0 fully saturated rings. The molecule has 0 atom stereocenters. The van der Waals surface area contributed by atoms with E-state index in [4.69, 9.17) is 23.7 Å². The molecule has 0 radical (unpaired) electrons. The Labute approximate surface area is 136 Å². The van der Waals surface area contributed by atoms with E-state index in [0.717, 1.165) is 19.3 Å². The maximum absolute atomic E-state index is 5.83. The van der Waals surface area contributed by atoms with Crippen molar-refractivity contribution in [3.63, 3.8) is 0 Å². The molecule has 0 aliphatic carbocycles. The zero-order valence-corrected chi connectivity index (χ0v) is 15.4. The SMILES string of the molecule is CCCCCCCCC(OC)(OC)C(OC)(OC)OCCC. The van der Waals surface area contributed by atoms with Gasteiger partial charge in [0.25, 0.3) is 5.79 Å². The number of methoxy groups -OCH3 is 4. The highest BCUT2D eigenvalue weighted by Gasteiger charge is 2.56. The van der Waals surface area contributed by atoms with Crippen molar-refractivity contribution in [2.24, 2.45) is 0 Å². The lowest BCUT2D eigenvalue weighted by molar-refractivity contribution is -0.482. The van der Waals surface area contributed by atoms with Gasteiger partial charge < -0.3 is 23.7 Å². The minimum atomic E-state index is -1.35. The van der Waals surface area contributed by atoms with Crippen molar-refractivity contribution in [2.45, 2.75) is 77.0 Å². The van der Waals surface area contributed by atoms with Crippen molar-refractivity contribution < 1.29 is 23.7 Å². The van der Waals surface area contributed by atoms with Crippen LogP contribution >= 0.6 is 0 Å². The Balaban J connectivity index is 4.79. The molecular weight excluding hydrogens is 284 g/mol. The van der Waals surface area contributed by atoms with Crippen molar-refractivity contribution in [2.75, 3.05) is 35.0 Å². The monoisotopic (exact) mass is 320 g/mol. The van der Waals surface area contributed by atoms with Gasteiger partial charge in [0.1, 0.15) is 0 Å². The Morgan fingerprint density at radius 1 is 0.636 bits per heavy atom. The molecule has 0 saturated heterocycles. The molecule has 5 heteroatoms. The van der Waals surface area contributed by atoms with Gasteiger partial charge in [-0.15, -0.1) is 0 Å². The second kappa shape index (κ2) is 12.3. The molecule has 5 nitrogen and oxygen atoms in total. The molecular formula is C17H36O5. The van der Waals surface area contributed by atoms with E-state index < -0.39 is 11.8 Å². The van der Waals surface area contributed by atoms with Crippen molar-refractivity contribution in [3.8, 4) is 0 Å². The fourth-order valence-electron chi connectivity index (χ4n) is 2.69. The van der Waals surface area contributed by atoms with Crippen LogP contribution in [0.25, 0.3) is 0 Å². The molecule has 0 unspecified atom stereocenters. The first-order valence-corrected chi connectivity index (χ1v) is 8.46. The van der Waals surface area contributed by atoms with Crippen LogP contribution in [0.3, 0.4) is 0 Å². The summed E-state index contributed by atoms with van der Waals surface area (Å²) in [6, 6.07) is 0. The topological polar surface area (TPSA) is 46.2 Å². The van der Waals surface area contributed by atoms with Gasteiger partial charge in [-0.2, -0.15) is 0 Å². The van der Waals surface area contributed by atoms with Gasteiger partial charge >= 0.3 is 5.97 Å².